The molecule has 74 valence electrons. The van der Waals surface area contributed by atoms with E-state index in [1.165, 1.54) is 4.88 Å². The van der Waals surface area contributed by atoms with Crippen LogP contribution in [0.15, 0.2) is 17.5 Å². The highest BCUT2D eigenvalue weighted by Gasteiger charge is 1.99. The van der Waals surface area contributed by atoms with Crippen LogP contribution in [0.3, 0.4) is 0 Å². The molecule has 0 amide bonds. The van der Waals surface area contributed by atoms with E-state index < -0.39 is 0 Å². The molecular weight excluding hydrogens is 214 g/mol. The highest BCUT2D eigenvalue weighted by Crippen LogP contribution is 2.10. The molecule has 0 saturated heterocycles. The predicted octanol–water partition coefficient (Wildman–Crippen LogP) is 2.20. The summed E-state index contributed by atoms with van der Waals surface area (Å²) in [6.45, 7) is 3.69. The maximum Gasteiger partial charge on any atom is 0.131 e. The van der Waals surface area contributed by atoms with Gasteiger partial charge in [-0.15, -0.1) is 32.9 Å². The summed E-state index contributed by atoms with van der Waals surface area (Å²) in [4.78, 5) is 1.35. The molecule has 0 aliphatic carbocycles. The molecule has 2 aromatic heterocycles. The van der Waals surface area contributed by atoms with Crippen molar-refractivity contribution in [3.63, 3.8) is 0 Å². The van der Waals surface area contributed by atoms with Crippen LogP contribution in [-0.2, 0) is 13.1 Å². The molecule has 2 heterocycles. The van der Waals surface area contributed by atoms with Crippen LogP contribution in [0.25, 0.3) is 0 Å². The molecule has 0 atom stereocenters. The van der Waals surface area contributed by atoms with Crippen molar-refractivity contribution >= 4 is 22.7 Å². The summed E-state index contributed by atoms with van der Waals surface area (Å²) in [5.41, 5.74) is 0. The number of thiophene rings is 1. The number of aromatic nitrogens is 2. The van der Waals surface area contributed by atoms with E-state index in [1.54, 1.807) is 22.7 Å². The third kappa shape index (κ3) is 2.60. The van der Waals surface area contributed by atoms with E-state index in [1.807, 2.05) is 6.92 Å². The highest BCUT2D eigenvalue weighted by atomic mass is 32.1. The zero-order chi connectivity index (χ0) is 9.80. The van der Waals surface area contributed by atoms with Crippen molar-refractivity contribution in [2.24, 2.45) is 0 Å². The summed E-state index contributed by atoms with van der Waals surface area (Å²) in [6, 6.07) is 4.19. The second kappa shape index (κ2) is 4.63. The first kappa shape index (κ1) is 9.76. The highest BCUT2D eigenvalue weighted by molar-refractivity contribution is 7.11. The molecule has 1 N–H and O–H groups in total. The van der Waals surface area contributed by atoms with Crippen LogP contribution >= 0.6 is 22.7 Å². The number of rotatable bonds is 4. The second-order valence-corrected chi connectivity index (χ2v) is 5.20. The van der Waals surface area contributed by atoms with Crippen LogP contribution < -0.4 is 5.32 Å². The molecule has 2 aromatic rings. The fourth-order valence-corrected chi connectivity index (χ4v) is 2.47. The van der Waals surface area contributed by atoms with Gasteiger partial charge in [-0.05, 0) is 18.4 Å². The fourth-order valence-electron chi connectivity index (χ4n) is 1.11. The first-order chi connectivity index (χ1) is 6.84. The maximum atomic E-state index is 4.04. The Morgan fingerprint density at radius 1 is 1.36 bits per heavy atom. The van der Waals surface area contributed by atoms with E-state index in [2.05, 4.69) is 33.0 Å². The van der Waals surface area contributed by atoms with E-state index in [0.717, 1.165) is 23.1 Å². The molecule has 3 nitrogen and oxygen atoms in total. The third-order valence-electron chi connectivity index (χ3n) is 1.72. The monoisotopic (exact) mass is 225 g/mol. The topological polar surface area (TPSA) is 37.8 Å². The Labute approximate surface area is 90.8 Å². The minimum absolute atomic E-state index is 0.809. The van der Waals surface area contributed by atoms with Crippen LogP contribution in [-0.4, -0.2) is 10.2 Å². The Kier molecular flexibility index (Phi) is 3.23. The van der Waals surface area contributed by atoms with Crippen molar-refractivity contribution in [1.29, 1.82) is 0 Å². The predicted molar refractivity (Wildman–Crippen MR) is 59.5 cm³/mol. The summed E-state index contributed by atoms with van der Waals surface area (Å²) in [7, 11) is 0. The summed E-state index contributed by atoms with van der Waals surface area (Å²) < 4.78 is 0. The molecule has 0 aliphatic heterocycles. The van der Waals surface area contributed by atoms with Gasteiger partial charge in [-0.1, -0.05) is 6.07 Å². The first-order valence-corrected chi connectivity index (χ1v) is 6.06. The zero-order valence-electron chi connectivity index (χ0n) is 7.86. The van der Waals surface area contributed by atoms with Crippen LogP contribution in [0.4, 0.5) is 0 Å². The average molecular weight is 225 g/mol. The standard InChI is InChI=1S/C9H11N3S2/c1-7-11-12-9(14-7)6-10-5-8-3-2-4-13-8/h2-4,10H,5-6H2,1H3. The fraction of sp³-hybridized carbons (Fsp3) is 0.333. The van der Waals surface area contributed by atoms with Gasteiger partial charge < -0.3 is 5.32 Å². The van der Waals surface area contributed by atoms with Gasteiger partial charge in [-0.25, -0.2) is 0 Å². The maximum absolute atomic E-state index is 4.04. The number of aryl methyl sites for hydroxylation is 1. The number of nitrogens with zero attached hydrogens (tertiary/aromatic N) is 2. The molecule has 0 fully saturated rings. The molecule has 0 bridgehead atoms. The summed E-state index contributed by atoms with van der Waals surface area (Å²) in [5.74, 6) is 0. The van der Waals surface area contributed by atoms with E-state index >= 15 is 0 Å². The molecule has 0 radical (unpaired) electrons. The molecular formula is C9H11N3S2. The molecule has 5 heteroatoms. The number of hydrogen-bond acceptors (Lipinski definition) is 5. The molecule has 0 saturated carbocycles. The largest absolute Gasteiger partial charge is 0.305 e. The van der Waals surface area contributed by atoms with Crippen molar-refractivity contribution < 1.29 is 0 Å². The van der Waals surface area contributed by atoms with Gasteiger partial charge in [0, 0.05) is 11.4 Å². The minimum Gasteiger partial charge on any atom is -0.305 e. The van der Waals surface area contributed by atoms with Crippen molar-refractivity contribution in [2.45, 2.75) is 20.0 Å². The van der Waals surface area contributed by atoms with Gasteiger partial charge in [-0.2, -0.15) is 0 Å². The minimum atomic E-state index is 0.809. The Morgan fingerprint density at radius 2 is 2.29 bits per heavy atom. The van der Waals surface area contributed by atoms with Gasteiger partial charge in [-0.3, -0.25) is 0 Å². The lowest BCUT2D eigenvalue weighted by molar-refractivity contribution is 0.690. The van der Waals surface area contributed by atoms with Crippen molar-refractivity contribution in [2.75, 3.05) is 0 Å². The normalized spacial score (nSPS) is 10.6. The van der Waals surface area contributed by atoms with Gasteiger partial charge in [0.15, 0.2) is 0 Å². The van der Waals surface area contributed by atoms with Crippen LogP contribution in [0.2, 0.25) is 0 Å². The Morgan fingerprint density at radius 3 is 2.93 bits per heavy atom. The van der Waals surface area contributed by atoms with E-state index in [-0.39, 0.29) is 0 Å². The van der Waals surface area contributed by atoms with E-state index in [4.69, 9.17) is 0 Å². The molecule has 2 rings (SSSR count). The lowest BCUT2D eigenvalue weighted by atomic mass is 10.4. The van der Waals surface area contributed by atoms with Crippen molar-refractivity contribution in [3.8, 4) is 0 Å². The molecule has 0 spiro atoms. The molecule has 14 heavy (non-hydrogen) atoms. The third-order valence-corrected chi connectivity index (χ3v) is 3.44. The van der Waals surface area contributed by atoms with Gasteiger partial charge in [0.1, 0.15) is 10.0 Å². The van der Waals surface area contributed by atoms with Crippen molar-refractivity contribution in [3.05, 3.63) is 32.4 Å². The van der Waals surface area contributed by atoms with Crippen LogP contribution in [0.5, 0.6) is 0 Å². The van der Waals surface area contributed by atoms with Crippen molar-refractivity contribution in [1.82, 2.24) is 15.5 Å². The molecule has 0 aromatic carbocycles. The van der Waals surface area contributed by atoms with Gasteiger partial charge >= 0.3 is 0 Å². The van der Waals surface area contributed by atoms with E-state index in [9.17, 15) is 0 Å². The van der Waals surface area contributed by atoms with Gasteiger partial charge in [0.05, 0.1) is 6.54 Å². The van der Waals surface area contributed by atoms with Gasteiger partial charge in [0.25, 0.3) is 0 Å². The van der Waals surface area contributed by atoms with Gasteiger partial charge in [0.2, 0.25) is 0 Å². The smallest absolute Gasteiger partial charge is 0.131 e. The lowest BCUT2D eigenvalue weighted by Gasteiger charge is -1.98. The summed E-state index contributed by atoms with van der Waals surface area (Å²) in [6.07, 6.45) is 0. The van der Waals surface area contributed by atoms with E-state index in [0.29, 0.717) is 0 Å². The summed E-state index contributed by atoms with van der Waals surface area (Å²) in [5, 5.41) is 15.5. The second-order valence-electron chi connectivity index (χ2n) is 2.90. The molecule has 0 aliphatic rings. The quantitative estimate of drug-likeness (QED) is 0.867. The Hall–Kier alpha value is -0.780. The Balaban J connectivity index is 1.78. The SMILES string of the molecule is Cc1nnc(CNCc2cccs2)s1. The number of nitrogens with one attached hydrogen (secondary N) is 1. The first-order valence-electron chi connectivity index (χ1n) is 4.36. The molecule has 0 unspecified atom stereocenters. The number of hydrogen-bond donors (Lipinski definition) is 1. The Bertz CT molecular complexity index is 380. The average Bonchev–Trinajstić information content (AvgIpc) is 2.77. The van der Waals surface area contributed by atoms with Crippen LogP contribution in [0, 0.1) is 6.92 Å². The lowest BCUT2D eigenvalue weighted by Crippen LogP contribution is -2.11. The van der Waals surface area contributed by atoms with Crippen LogP contribution in [0.1, 0.15) is 14.9 Å². The zero-order valence-corrected chi connectivity index (χ0v) is 9.49. The summed E-state index contributed by atoms with van der Waals surface area (Å²) >= 11 is 3.41.